The van der Waals surface area contributed by atoms with E-state index in [1.54, 1.807) is 0 Å². The van der Waals surface area contributed by atoms with Gasteiger partial charge >= 0.3 is 0 Å². The number of rotatable bonds is 4. The Morgan fingerprint density at radius 1 is 0.410 bits per heavy atom. The summed E-state index contributed by atoms with van der Waals surface area (Å²) >= 11 is 0. The van der Waals surface area contributed by atoms with Gasteiger partial charge in [-0.1, -0.05) is 121 Å². The molecule has 0 unspecified atom stereocenters. The molecule has 0 aliphatic carbocycles. The fourth-order valence-corrected chi connectivity index (χ4v) is 6.53. The zero-order valence-corrected chi connectivity index (χ0v) is 21.5. The minimum Gasteiger partial charge on any atom is -0.456 e. The Morgan fingerprint density at radius 2 is 1.03 bits per heavy atom. The minimum absolute atomic E-state index is 0.938. The maximum absolute atomic E-state index is 6.36. The van der Waals surface area contributed by atoms with E-state index in [4.69, 9.17) is 4.42 Å². The van der Waals surface area contributed by atoms with E-state index in [0.29, 0.717) is 0 Å². The summed E-state index contributed by atoms with van der Waals surface area (Å²) < 4.78 is 6.36. The predicted molar refractivity (Wildman–Crippen MR) is 166 cm³/mol. The molecule has 1 nitrogen and oxygen atoms in total. The third kappa shape index (κ3) is 3.47. The Bertz CT molecular complexity index is 2110. The molecule has 0 aliphatic rings. The molecular weight excluding hydrogens is 472 g/mol. The summed E-state index contributed by atoms with van der Waals surface area (Å²) in [6.07, 6.45) is 1.89. The highest BCUT2D eigenvalue weighted by molar-refractivity contribution is 6.20. The van der Waals surface area contributed by atoms with E-state index in [0.717, 1.165) is 24.0 Å². The van der Waals surface area contributed by atoms with Gasteiger partial charge in [0.15, 0.2) is 0 Å². The van der Waals surface area contributed by atoms with Gasteiger partial charge in [0.25, 0.3) is 0 Å². The van der Waals surface area contributed by atoms with Crippen LogP contribution in [0, 0.1) is 0 Å². The number of furan rings is 1. The molecule has 0 radical (unpaired) electrons. The Morgan fingerprint density at radius 3 is 1.77 bits per heavy atom. The molecule has 0 saturated heterocycles. The Hall–Kier alpha value is -4.88. The van der Waals surface area contributed by atoms with Crippen molar-refractivity contribution in [1.29, 1.82) is 0 Å². The molecule has 39 heavy (non-hydrogen) atoms. The summed E-state index contributed by atoms with van der Waals surface area (Å²) in [6.45, 7) is 0. The monoisotopic (exact) mass is 498 g/mol. The van der Waals surface area contributed by atoms with Gasteiger partial charge in [0.05, 0.1) is 0 Å². The lowest BCUT2D eigenvalue weighted by Crippen LogP contribution is -1.97. The first-order valence-electron chi connectivity index (χ1n) is 13.7. The second kappa shape index (κ2) is 8.85. The Balaban J connectivity index is 1.34. The van der Waals surface area contributed by atoms with Crippen LogP contribution in [0.2, 0.25) is 0 Å². The van der Waals surface area contributed by atoms with Crippen LogP contribution in [0.25, 0.3) is 65.4 Å². The van der Waals surface area contributed by atoms with Crippen LogP contribution in [0.5, 0.6) is 0 Å². The molecule has 0 atom stereocenters. The van der Waals surface area contributed by atoms with Crippen molar-refractivity contribution in [3.05, 3.63) is 145 Å². The van der Waals surface area contributed by atoms with Crippen LogP contribution in [0.3, 0.4) is 0 Å². The van der Waals surface area contributed by atoms with Gasteiger partial charge in [-0.3, -0.25) is 0 Å². The molecule has 1 heterocycles. The highest BCUT2D eigenvalue weighted by Gasteiger charge is 2.17. The Kier molecular flexibility index (Phi) is 5.03. The normalized spacial score (nSPS) is 11.8. The van der Waals surface area contributed by atoms with Crippen molar-refractivity contribution in [2.45, 2.75) is 12.8 Å². The van der Waals surface area contributed by atoms with Crippen molar-refractivity contribution in [2.24, 2.45) is 0 Å². The van der Waals surface area contributed by atoms with E-state index in [9.17, 15) is 0 Å². The van der Waals surface area contributed by atoms with Gasteiger partial charge in [-0.15, -0.1) is 0 Å². The van der Waals surface area contributed by atoms with Gasteiger partial charge in [-0.05, 0) is 79.5 Å². The molecule has 8 aromatic rings. The molecule has 0 fully saturated rings. The highest BCUT2D eigenvalue weighted by Crippen LogP contribution is 2.41. The molecule has 7 aromatic carbocycles. The van der Waals surface area contributed by atoms with Crippen molar-refractivity contribution in [3.8, 4) is 11.1 Å². The Labute approximate surface area is 226 Å². The molecule has 184 valence electrons. The summed E-state index contributed by atoms with van der Waals surface area (Å²) in [6, 6.07) is 48.0. The van der Waals surface area contributed by atoms with E-state index in [2.05, 4.69) is 133 Å². The molecule has 0 bridgehead atoms. The first-order valence-corrected chi connectivity index (χ1v) is 13.7. The van der Waals surface area contributed by atoms with Gasteiger partial charge in [-0.2, -0.15) is 0 Å². The van der Waals surface area contributed by atoms with Crippen molar-refractivity contribution in [3.63, 3.8) is 0 Å². The predicted octanol–water partition coefficient (Wildman–Crippen LogP) is 10.5. The maximum Gasteiger partial charge on any atom is 0.136 e. The lowest BCUT2D eigenvalue weighted by molar-refractivity contribution is 0.669. The highest BCUT2D eigenvalue weighted by atomic mass is 16.3. The summed E-state index contributed by atoms with van der Waals surface area (Å²) in [7, 11) is 0. The average molecular weight is 499 g/mol. The van der Waals surface area contributed by atoms with Crippen LogP contribution in [0.1, 0.15) is 11.1 Å². The zero-order valence-electron chi connectivity index (χ0n) is 21.5. The van der Waals surface area contributed by atoms with E-state index >= 15 is 0 Å². The minimum atomic E-state index is 0.938. The van der Waals surface area contributed by atoms with Gasteiger partial charge < -0.3 is 4.42 Å². The SMILES string of the molecule is c1ccc(-c2c3ccccc3c(CCc3cccc4oc5ccc6ccccc6c5c34)c3ccccc23)cc1. The first kappa shape index (κ1) is 22.1. The lowest BCUT2D eigenvalue weighted by Gasteiger charge is -2.17. The second-order valence-corrected chi connectivity index (χ2v) is 10.4. The second-order valence-electron chi connectivity index (χ2n) is 10.4. The van der Waals surface area contributed by atoms with Crippen LogP contribution >= 0.6 is 0 Å². The van der Waals surface area contributed by atoms with Crippen molar-refractivity contribution < 1.29 is 4.42 Å². The number of aryl methyl sites for hydroxylation is 2. The standard InChI is InChI=1S/C38H26O/c1-2-12-26(13-3-1)36-32-18-8-6-16-29(32)31(30-17-7-9-19-33(30)36)23-21-27-14-10-20-34-37(27)38-28-15-5-4-11-25(28)22-24-35(38)39-34/h1-20,22,24H,21,23H2. The van der Waals surface area contributed by atoms with Gasteiger partial charge in [-0.25, -0.2) is 0 Å². The molecule has 0 N–H and O–H groups in total. The average Bonchev–Trinajstić information content (AvgIpc) is 3.40. The summed E-state index contributed by atoms with van der Waals surface area (Å²) in [5.41, 5.74) is 7.25. The summed E-state index contributed by atoms with van der Waals surface area (Å²) in [4.78, 5) is 0. The maximum atomic E-state index is 6.36. The topological polar surface area (TPSA) is 13.1 Å². The van der Waals surface area contributed by atoms with Gasteiger partial charge in [0.2, 0.25) is 0 Å². The third-order valence-corrected chi connectivity index (χ3v) is 8.22. The molecule has 8 rings (SSSR count). The molecule has 1 aromatic heterocycles. The van der Waals surface area contributed by atoms with E-state index in [-0.39, 0.29) is 0 Å². The number of hydrogen-bond donors (Lipinski definition) is 0. The summed E-state index contributed by atoms with van der Waals surface area (Å²) in [5, 5.41) is 10.3. The van der Waals surface area contributed by atoms with Crippen LogP contribution < -0.4 is 0 Å². The molecule has 0 saturated carbocycles. The van der Waals surface area contributed by atoms with E-state index in [1.807, 2.05) is 0 Å². The quantitative estimate of drug-likeness (QED) is 0.220. The fraction of sp³-hybridized carbons (Fsp3) is 0.0526. The van der Waals surface area contributed by atoms with Crippen molar-refractivity contribution in [2.75, 3.05) is 0 Å². The summed E-state index contributed by atoms with van der Waals surface area (Å²) in [5.74, 6) is 0. The van der Waals surface area contributed by atoms with Crippen LogP contribution in [0.15, 0.2) is 138 Å². The van der Waals surface area contributed by atoms with Gasteiger partial charge in [0.1, 0.15) is 11.2 Å². The van der Waals surface area contributed by atoms with E-state index in [1.165, 1.54) is 65.3 Å². The molecule has 0 aliphatic heterocycles. The third-order valence-electron chi connectivity index (χ3n) is 8.22. The van der Waals surface area contributed by atoms with E-state index < -0.39 is 0 Å². The van der Waals surface area contributed by atoms with Crippen molar-refractivity contribution >= 4 is 54.3 Å². The first-order chi connectivity index (χ1) is 19.4. The smallest absolute Gasteiger partial charge is 0.136 e. The molecular formula is C38H26O. The molecule has 0 spiro atoms. The lowest BCUT2D eigenvalue weighted by atomic mass is 9.86. The number of fused-ring (bicyclic) bond motifs is 7. The van der Waals surface area contributed by atoms with Crippen LogP contribution in [0.4, 0.5) is 0 Å². The van der Waals surface area contributed by atoms with Gasteiger partial charge in [0, 0.05) is 10.8 Å². The largest absolute Gasteiger partial charge is 0.456 e. The zero-order chi connectivity index (χ0) is 25.8. The van der Waals surface area contributed by atoms with Crippen LogP contribution in [-0.2, 0) is 12.8 Å². The number of hydrogen-bond acceptors (Lipinski definition) is 1. The van der Waals surface area contributed by atoms with Crippen LogP contribution in [-0.4, -0.2) is 0 Å². The fourth-order valence-electron chi connectivity index (χ4n) is 6.53. The van der Waals surface area contributed by atoms with Crippen molar-refractivity contribution in [1.82, 2.24) is 0 Å². The molecule has 0 amide bonds. The molecule has 1 heteroatoms. The number of benzene rings is 7.